The molecule has 0 atom stereocenters. The quantitative estimate of drug-likeness (QED) is 0.662. The lowest BCUT2D eigenvalue weighted by Gasteiger charge is -1.93. The number of rotatable bonds is 1. The second kappa shape index (κ2) is 2.97. The lowest BCUT2D eigenvalue weighted by atomic mass is 10.2. The van der Waals surface area contributed by atoms with Gasteiger partial charge in [-0.25, -0.2) is 0 Å². The maximum atomic E-state index is 4.86. The third kappa shape index (κ3) is 1.56. The molecule has 2 aromatic rings. The Bertz CT molecular complexity index is 405. The van der Waals surface area contributed by atoms with Crippen molar-refractivity contribution in [2.24, 2.45) is 0 Å². The Kier molecular flexibility index (Phi) is 1.81. The second-order valence-corrected chi connectivity index (χ2v) is 2.83. The summed E-state index contributed by atoms with van der Waals surface area (Å²) >= 11 is 0. The molecule has 0 amide bonds. The molecule has 13 heavy (non-hydrogen) atoms. The van der Waals surface area contributed by atoms with Crippen molar-refractivity contribution in [3.05, 3.63) is 29.9 Å². The maximum Gasteiger partial charge on any atom is 0.223 e. The molecule has 0 aliphatic rings. The molecular formula is C9H9N3O. The van der Waals surface area contributed by atoms with Gasteiger partial charge in [-0.15, -0.1) is 0 Å². The summed E-state index contributed by atoms with van der Waals surface area (Å²) < 4.78 is 4.86. The SMILES string of the molecule is Cc1ccc(-c2noc(C)n2)cn1. The molecule has 2 heterocycles. The van der Waals surface area contributed by atoms with E-state index in [2.05, 4.69) is 15.1 Å². The van der Waals surface area contributed by atoms with Crippen molar-refractivity contribution in [3.8, 4) is 11.4 Å². The van der Waals surface area contributed by atoms with Crippen molar-refractivity contribution in [1.82, 2.24) is 15.1 Å². The van der Waals surface area contributed by atoms with Crippen LogP contribution in [0.25, 0.3) is 11.4 Å². The molecule has 0 aliphatic carbocycles. The van der Waals surface area contributed by atoms with Crippen molar-refractivity contribution in [2.75, 3.05) is 0 Å². The normalized spacial score (nSPS) is 10.3. The highest BCUT2D eigenvalue weighted by Crippen LogP contribution is 2.13. The molecule has 2 rings (SSSR count). The van der Waals surface area contributed by atoms with Gasteiger partial charge < -0.3 is 4.52 Å². The van der Waals surface area contributed by atoms with Crippen LogP contribution >= 0.6 is 0 Å². The number of pyridine rings is 1. The Labute approximate surface area is 75.6 Å². The smallest absolute Gasteiger partial charge is 0.223 e. The molecule has 0 saturated carbocycles. The fourth-order valence-corrected chi connectivity index (χ4v) is 1.02. The molecule has 4 nitrogen and oxygen atoms in total. The lowest BCUT2D eigenvalue weighted by molar-refractivity contribution is 0.394. The van der Waals surface area contributed by atoms with Gasteiger partial charge in [0.1, 0.15) is 0 Å². The Morgan fingerprint density at radius 3 is 2.62 bits per heavy atom. The van der Waals surface area contributed by atoms with Crippen LogP contribution in [-0.4, -0.2) is 15.1 Å². The Morgan fingerprint density at radius 2 is 2.08 bits per heavy atom. The first-order valence-electron chi connectivity index (χ1n) is 3.99. The lowest BCUT2D eigenvalue weighted by Crippen LogP contribution is -1.84. The predicted octanol–water partition coefficient (Wildman–Crippen LogP) is 1.75. The summed E-state index contributed by atoms with van der Waals surface area (Å²) in [6, 6.07) is 3.84. The number of aromatic nitrogens is 3. The molecule has 0 spiro atoms. The van der Waals surface area contributed by atoms with Gasteiger partial charge >= 0.3 is 0 Å². The molecule has 0 saturated heterocycles. The number of hydrogen-bond acceptors (Lipinski definition) is 4. The summed E-state index contributed by atoms with van der Waals surface area (Å²) in [5, 5.41) is 3.79. The maximum absolute atomic E-state index is 4.86. The van der Waals surface area contributed by atoms with E-state index in [1.54, 1.807) is 13.1 Å². The third-order valence-electron chi connectivity index (χ3n) is 1.70. The number of nitrogens with zero attached hydrogens (tertiary/aromatic N) is 3. The van der Waals surface area contributed by atoms with E-state index in [0.29, 0.717) is 11.7 Å². The number of hydrogen-bond donors (Lipinski definition) is 0. The molecule has 0 aromatic carbocycles. The summed E-state index contributed by atoms with van der Waals surface area (Å²) in [5.74, 6) is 1.15. The molecule has 66 valence electrons. The van der Waals surface area contributed by atoms with E-state index in [4.69, 9.17) is 4.52 Å². The van der Waals surface area contributed by atoms with Crippen LogP contribution in [0, 0.1) is 13.8 Å². The van der Waals surface area contributed by atoms with Crippen LogP contribution in [0.4, 0.5) is 0 Å². The van der Waals surface area contributed by atoms with Crippen molar-refractivity contribution in [2.45, 2.75) is 13.8 Å². The van der Waals surface area contributed by atoms with Gasteiger partial charge in [-0.05, 0) is 19.1 Å². The standard InChI is InChI=1S/C9H9N3O/c1-6-3-4-8(5-10-6)9-11-7(2)13-12-9/h3-5H,1-2H3. The highest BCUT2D eigenvalue weighted by molar-refractivity contribution is 5.52. The first kappa shape index (κ1) is 7.91. The largest absolute Gasteiger partial charge is 0.339 e. The molecule has 0 radical (unpaired) electrons. The van der Waals surface area contributed by atoms with E-state index >= 15 is 0 Å². The van der Waals surface area contributed by atoms with Crippen molar-refractivity contribution < 1.29 is 4.52 Å². The van der Waals surface area contributed by atoms with Crippen molar-refractivity contribution in [1.29, 1.82) is 0 Å². The summed E-state index contributed by atoms with van der Waals surface area (Å²) in [4.78, 5) is 8.24. The minimum atomic E-state index is 0.565. The van der Waals surface area contributed by atoms with Gasteiger partial charge in [-0.3, -0.25) is 4.98 Å². The zero-order valence-corrected chi connectivity index (χ0v) is 7.48. The van der Waals surface area contributed by atoms with Crippen LogP contribution in [0.5, 0.6) is 0 Å². The summed E-state index contributed by atoms with van der Waals surface area (Å²) in [6.07, 6.45) is 1.74. The molecule has 2 aromatic heterocycles. The minimum absolute atomic E-state index is 0.565. The average molecular weight is 175 g/mol. The molecule has 0 unspecified atom stereocenters. The molecule has 0 N–H and O–H groups in total. The van der Waals surface area contributed by atoms with E-state index in [1.165, 1.54) is 0 Å². The Balaban J connectivity index is 2.41. The summed E-state index contributed by atoms with van der Waals surface area (Å²) in [7, 11) is 0. The number of aryl methyl sites for hydroxylation is 2. The van der Waals surface area contributed by atoms with Gasteiger partial charge in [0, 0.05) is 24.4 Å². The van der Waals surface area contributed by atoms with E-state index in [-0.39, 0.29) is 0 Å². The highest BCUT2D eigenvalue weighted by atomic mass is 16.5. The highest BCUT2D eigenvalue weighted by Gasteiger charge is 2.04. The van der Waals surface area contributed by atoms with E-state index < -0.39 is 0 Å². The summed E-state index contributed by atoms with van der Waals surface area (Å²) in [5.41, 5.74) is 1.85. The fourth-order valence-electron chi connectivity index (χ4n) is 1.02. The fraction of sp³-hybridized carbons (Fsp3) is 0.222. The van der Waals surface area contributed by atoms with Crippen LogP contribution in [0.1, 0.15) is 11.6 Å². The average Bonchev–Trinajstić information content (AvgIpc) is 2.53. The van der Waals surface area contributed by atoms with Crippen LogP contribution in [0.3, 0.4) is 0 Å². The Morgan fingerprint density at radius 1 is 1.23 bits per heavy atom. The van der Waals surface area contributed by atoms with Crippen LogP contribution < -0.4 is 0 Å². The minimum Gasteiger partial charge on any atom is -0.339 e. The molecule has 0 fully saturated rings. The summed E-state index contributed by atoms with van der Waals surface area (Å²) in [6.45, 7) is 3.70. The van der Waals surface area contributed by atoms with Crippen molar-refractivity contribution in [3.63, 3.8) is 0 Å². The Hall–Kier alpha value is -1.71. The van der Waals surface area contributed by atoms with Gasteiger partial charge in [0.2, 0.25) is 11.7 Å². The van der Waals surface area contributed by atoms with Crippen LogP contribution in [0.15, 0.2) is 22.9 Å². The van der Waals surface area contributed by atoms with E-state index in [9.17, 15) is 0 Å². The monoisotopic (exact) mass is 175 g/mol. The van der Waals surface area contributed by atoms with Gasteiger partial charge in [0.05, 0.1) is 0 Å². The first-order valence-corrected chi connectivity index (χ1v) is 3.99. The van der Waals surface area contributed by atoms with Gasteiger partial charge in [-0.1, -0.05) is 5.16 Å². The van der Waals surface area contributed by atoms with Crippen LogP contribution in [-0.2, 0) is 0 Å². The van der Waals surface area contributed by atoms with E-state index in [1.807, 2.05) is 19.1 Å². The topological polar surface area (TPSA) is 51.8 Å². The third-order valence-corrected chi connectivity index (χ3v) is 1.70. The molecule has 0 bridgehead atoms. The van der Waals surface area contributed by atoms with E-state index in [0.717, 1.165) is 11.3 Å². The zero-order valence-electron chi connectivity index (χ0n) is 7.48. The van der Waals surface area contributed by atoms with Gasteiger partial charge in [-0.2, -0.15) is 4.98 Å². The molecule has 4 heteroatoms. The van der Waals surface area contributed by atoms with Crippen LogP contribution in [0.2, 0.25) is 0 Å². The van der Waals surface area contributed by atoms with Gasteiger partial charge in [0.15, 0.2) is 0 Å². The molecular weight excluding hydrogens is 166 g/mol. The zero-order chi connectivity index (χ0) is 9.26. The van der Waals surface area contributed by atoms with Crippen molar-refractivity contribution >= 4 is 0 Å². The predicted molar refractivity (Wildman–Crippen MR) is 47.0 cm³/mol. The van der Waals surface area contributed by atoms with Gasteiger partial charge in [0.25, 0.3) is 0 Å². The second-order valence-electron chi connectivity index (χ2n) is 2.83. The first-order chi connectivity index (χ1) is 6.25. The molecule has 0 aliphatic heterocycles.